The molecule has 166 valence electrons. The lowest BCUT2D eigenvalue weighted by Crippen LogP contribution is -2.47. The second-order valence-electron chi connectivity index (χ2n) is 7.76. The molecule has 0 aliphatic heterocycles. The second-order valence-corrected chi connectivity index (χ2v) is 7.76. The van der Waals surface area contributed by atoms with Crippen molar-refractivity contribution in [3.63, 3.8) is 0 Å². The number of pyridine rings is 1. The monoisotopic (exact) mass is 432 g/mol. The van der Waals surface area contributed by atoms with Gasteiger partial charge >= 0.3 is 12.0 Å². The number of aromatic nitrogens is 1. The minimum atomic E-state index is -0.967. The molecule has 0 spiro atoms. The molecule has 2 amide bonds. The number of anilines is 2. The number of methoxy groups -OCH3 is 1. The van der Waals surface area contributed by atoms with E-state index < -0.39 is 17.5 Å². The van der Waals surface area contributed by atoms with Gasteiger partial charge in [-0.1, -0.05) is 42.5 Å². The van der Waals surface area contributed by atoms with Crippen molar-refractivity contribution >= 4 is 23.4 Å². The van der Waals surface area contributed by atoms with E-state index in [0.29, 0.717) is 12.2 Å². The number of rotatable bonds is 8. The number of urea groups is 1. The third-order valence-corrected chi connectivity index (χ3v) is 5.26. The maximum Gasteiger partial charge on any atom is 0.320 e. The number of carbonyl (C=O) groups is 2. The topological polar surface area (TPSA) is 83.6 Å². The Bertz CT molecular complexity index is 1040. The normalized spacial score (nSPS) is 12.3. The van der Waals surface area contributed by atoms with Gasteiger partial charge in [0.1, 0.15) is 0 Å². The van der Waals surface area contributed by atoms with Gasteiger partial charge in [0.15, 0.2) is 0 Å². The van der Waals surface area contributed by atoms with Crippen molar-refractivity contribution in [1.29, 1.82) is 0 Å². The number of nitrogens with zero attached hydrogens (tertiary/aromatic N) is 2. The van der Waals surface area contributed by atoms with E-state index in [1.807, 2.05) is 49.5 Å². The van der Waals surface area contributed by atoms with Crippen LogP contribution in [0.2, 0.25) is 0 Å². The Balaban J connectivity index is 1.78. The van der Waals surface area contributed by atoms with Gasteiger partial charge < -0.3 is 20.3 Å². The quantitative estimate of drug-likeness (QED) is 0.518. The van der Waals surface area contributed by atoms with Crippen LogP contribution in [0.4, 0.5) is 16.2 Å². The number of amides is 2. The van der Waals surface area contributed by atoms with E-state index in [-0.39, 0.29) is 6.42 Å². The predicted octanol–water partition coefficient (Wildman–Crippen LogP) is 4.32. The van der Waals surface area contributed by atoms with Crippen LogP contribution in [0.15, 0.2) is 79.1 Å². The van der Waals surface area contributed by atoms with Crippen LogP contribution in [0.1, 0.15) is 24.5 Å². The molecule has 2 N–H and O–H groups in total. The zero-order valence-corrected chi connectivity index (χ0v) is 18.5. The van der Waals surface area contributed by atoms with Gasteiger partial charge in [0.2, 0.25) is 0 Å². The number of hydrogen-bond acceptors (Lipinski definition) is 5. The summed E-state index contributed by atoms with van der Waals surface area (Å²) < 4.78 is 4.84. The van der Waals surface area contributed by atoms with Crippen LogP contribution in [0, 0.1) is 0 Å². The summed E-state index contributed by atoms with van der Waals surface area (Å²) in [4.78, 5) is 31.1. The van der Waals surface area contributed by atoms with Crippen molar-refractivity contribution in [3.8, 4) is 0 Å². The molecule has 7 heteroatoms. The summed E-state index contributed by atoms with van der Waals surface area (Å²) in [7, 11) is 3.30. The minimum Gasteiger partial charge on any atom is -0.469 e. The first-order chi connectivity index (χ1) is 15.4. The summed E-state index contributed by atoms with van der Waals surface area (Å²) in [6.45, 7) is 2.48. The average Bonchev–Trinajstić information content (AvgIpc) is 2.80. The molecule has 3 aromatic rings. The number of nitrogens with one attached hydrogen (secondary N) is 2. The average molecular weight is 433 g/mol. The number of carbonyl (C=O) groups excluding carboxylic acids is 2. The third kappa shape index (κ3) is 5.85. The van der Waals surface area contributed by atoms with Crippen molar-refractivity contribution in [1.82, 2.24) is 10.3 Å². The zero-order valence-electron chi connectivity index (χ0n) is 18.5. The molecule has 0 aliphatic rings. The molecule has 1 heterocycles. The van der Waals surface area contributed by atoms with Crippen molar-refractivity contribution in [3.05, 3.63) is 90.3 Å². The minimum absolute atomic E-state index is 0.0174. The SMILES string of the molecule is COC(=O)C[C@](C)(NC(=O)Nc1ccccc1N(C)Cc1ccccc1)c1ccncc1. The lowest BCUT2D eigenvalue weighted by molar-refractivity contribution is -0.142. The number of para-hydroxylation sites is 2. The molecule has 32 heavy (non-hydrogen) atoms. The smallest absolute Gasteiger partial charge is 0.320 e. The third-order valence-electron chi connectivity index (χ3n) is 5.26. The first-order valence-corrected chi connectivity index (χ1v) is 10.3. The lowest BCUT2D eigenvalue weighted by atomic mass is 9.89. The Morgan fingerprint density at radius 2 is 1.66 bits per heavy atom. The van der Waals surface area contributed by atoms with E-state index in [0.717, 1.165) is 16.8 Å². The maximum atomic E-state index is 13.0. The highest BCUT2D eigenvalue weighted by Gasteiger charge is 2.32. The Labute approximate surface area is 188 Å². The van der Waals surface area contributed by atoms with E-state index in [4.69, 9.17) is 4.74 Å². The van der Waals surface area contributed by atoms with Crippen LogP contribution in [-0.2, 0) is 21.6 Å². The fraction of sp³-hybridized carbons (Fsp3) is 0.240. The number of ether oxygens (including phenoxy) is 1. The summed E-state index contributed by atoms with van der Waals surface area (Å²) in [5.74, 6) is -0.424. The van der Waals surface area contributed by atoms with Crippen molar-refractivity contribution in [2.45, 2.75) is 25.4 Å². The van der Waals surface area contributed by atoms with E-state index in [1.165, 1.54) is 7.11 Å². The standard InChI is InChI=1S/C25H28N4O3/c1-25(17-23(30)32-3,20-13-15-26-16-14-20)28-24(31)27-21-11-7-8-12-22(21)29(2)18-19-9-5-4-6-10-19/h4-16H,17-18H2,1-3H3,(H2,27,28,31)/t25-/m0/s1. The van der Waals surface area contributed by atoms with Crippen LogP contribution in [0.3, 0.4) is 0 Å². The highest BCUT2D eigenvalue weighted by molar-refractivity contribution is 5.94. The Morgan fingerprint density at radius 3 is 2.34 bits per heavy atom. The molecule has 0 bridgehead atoms. The number of esters is 1. The van der Waals surface area contributed by atoms with Crippen LogP contribution in [0.25, 0.3) is 0 Å². The number of benzene rings is 2. The molecule has 0 radical (unpaired) electrons. The molecule has 1 atom stereocenters. The molecular formula is C25H28N4O3. The summed E-state index contributed by atoms with van der Waals surface area (Å²) in [5.41, 5.74) is 2.49. The van der Waals surface area contributed by atoms with Crippen LogP contribution >= 0.6 is 0 Å². The summed E-state index contributed by atoms with van der Waals surface area (Å²) in [6, 6.07) is 20.8. The van der Waals surface area contributed by atoms with Crippen molar-refractivity contribution < 1.29 is 14.3 Å². The first-order valence-electron chi connectivity index (χ1n) is 10.3. The fourth-order valence-electron chi connectivity index (χ4n) is 3.56. The Kier molecular flexibility index (Phi) is 7.44. The lowest BCUT2D eigenvalue weighted by Gasteiger charge is -2.31. The molecule has 0 unspecified atom stereocenters. The van der Waals surface area contributed by atoms with E-state index >= 15 is 0 Å². The molecule has 3 rings (SSSR count). The van der Waals surface area contributed by atoms with Gasteiger partial charge in [0, 0.05) is 26.0 Å². The van der Waals surface area contributed by atoms with Crippen molar-refractivity contribution in [2.24, 2.45) is 0 Å². The molecular weight excluding hydrogens is 404 g/mol. The molecule has 0 saturated carbocycles. The molecule has 7 nitrogen and oxygen atoms in total. The highest BCUT2D eigenvalue weighted by Crippen LogP contribution is 2.28. The molecule has 0 aliphatic carbocycles. The van der Waals surface area contributed by atoms with Crippen molar-refractivity contribution in [2.75, 3.05) is 24.4 Å². The first kappa shape index (κ1) is 22.8. The summed E-state index contributed by atoms with van der Waals surface area (Å²) in [5, 5.41) is 5.88. The van der Waals surface area contributed by atoms with Gasteiger partial charge in [-0.05, 0) is 42.3 Å². The summed E-state index contributed by atoms with van der Waals surface area (Å²) in [6.07, 6.45) is 3.23. The molecule has 2 aromatic carbocycles. The predicted molar refractivity (Wildman–Crippen MR) is 125 cm³/mol. The van der Waals surface area contributed by atoms with Gasteiger partial charge in [-0.15, -0.1) is 0 Å². The summed E-state index contributed by atoms with van der Waals surface area (Å²) >= 11 is 0. The molecule has 0 saturated heterocycles. The van der Waals surface area contributed by atoms with Gasteiger partial charge in [0.25, 0.3) is 0 Å². The Hall–Kier alpha value is -3.87. The van der Waals surface area contributed by atoms with Gasteiger partial charge in [0.05, 0.1) is 30.4 Å². The maximum absolute atomic E-state index is 13.0. The molecule has 1 aromatic heterocycles. The Morgan fingerprint density at radius 1 is 1.00 bits per heavy atom. The molecule has 0 fully saturated rings. The van der Waals surface area contributed by atoms with Crippen LogP contribution in [-0.4, -0.2) is 31.1 Å². The largest absolute Gasteiger partial charge is 0.469 e. The van der Waals surface area contributed by atoms with E-state index in [1.54, 1.807) is 31.5 Å². The highest BCUT2D eigenvalue weighted by atomic mass is 16.5. The van der Waals surface area contributed by atoms with Gasteiger partial charge in [-0.3, -0.25) is 9.78 Å². The van der Waals surface area contributed by atoms with E-state index in [2.05, 4.69) is 32.7 Å². The zero-order chi connectivity index (χ0) is 23.0. The number of hydrogen-bond donors (Lipinski definition) is 2. The second kappa shape index (κ2) is 10.4. The van der Waals surface area contributed by atoms with Crippen LogP contribution < -0.4 is 15.5 Å². The van der Waals surface area contributed by atoms with Gasteiger partial charge in [-0.2, -0.15) is 0 Å². The van der Waals surface area contributed by atoms with Gasteiger partial charge in [-0.25, -0.2) is 4.79 Å². The van der Waals surface area contributed by atoms with Crippen LogP contribution in [0.5, 0.6) is 0 Å². The fourth-order valence-corrected chi connectivity index (χ4v) is 3.56. The van der Waals surface area contributed by atoms with E-state index in [9.17, 15) is 9.59 Å².